The molecule has 0 saturated carbocycles. The number of aliphatic carboxylic acids is 1. The van der Waals surface area contributed by atoms with Crippen molar-refractivity contribution in [1.29, 1.82) is 0 Å². The van der Waals surface area contributed by atoms with Crippen molar-refractivity contribution >= 4 is 23.3 Å². The SMILES string of the molecule is Cc1cccc(C(=O)Nc2ccc(N3CCCN(Cc4cccc(O)c4)CC3)cc2)c1.O=C(O)C(F)(F)F. The van der Waals surface area contributed by atoms with Crippen molar-refractivity contribution in [3.63, 3.8) is 0 Å². The van der Waals surface area contributed by atoms with Crippen LogP contribution in [0.15, 0.2) is 72.8 Å². The van der Waals surface area contributed by atoms with Crippen LogP contribution in [0, 0.1) is 6.92 Å². The number of anilines is 2. The summed E-state index contributed by atoms with van der Waals surface area (Å²) in [6.45, 7) is 6.81. The van der Waals surface area contributed by atoms with Gasteiger partial charge < -0.3 is 20.4 Å². The number of nitrogens with one attached hydrogen (secondary N) is 1. The minimum atomic E-state index is -5.08. The zero-order valence-corrected chi connectivity index (χ0v) is 20.9. The van der Waals surface area contributed by atoms with Gasteiger partial charge in [-0.3, -0.25) is 9.69 Å². The van der Waals surface area contributed by atoms with E-state index >= 15 is 0 Å². The Bertz CT molecular complexity index is 1230. The van der Waals surface area contributed by atoms with Crippen LogP contribution < -0.4 is 10.2 Å². The van der Waals surface area contributed by atoms with E-state index in [1.807, 2.05) is 55.5 Å². The molecule has 0 bridgehead atoms. The average molecular weight is 530 g/mol. The van der Waals surface area contributed by atoms with Gasteiger partial charge >= 0.3 is 12.1 Å². The highest BCUT2D eigenvalue weighted by atomic mass is 19.4. The summed E-state index contributed by atoms with van der Waals surface area (Å²) in [7, 11) is 0. The largest absolute Gasteiger partial charge is 0.508 e. The van der Waals surface area contributed by atoms with Crippen molar-refractivity contribution in [1.82, 2.24) is 4.90 Å². The highest BCUT2D eigenvalue weighted by Crippen LogP contribution is 2.21. The first kappa shape index (κ1) is 28.5. The van der Waals surface area contributed by atoms with Gasteiger partial charge in [-0.2, -0.15) is 13.2 Å². The van der Waals surface area contributed by atoms with Gasteiger partial charge in [-0.25, -0.2) is 4.79 Å². The number of hydrogen-bond donors (Lipinski definition) is 3. The minimum Gasteiger partial charge on any atom is -0.508 e. The summed E-state index contributed by atoms with van der Waals surface area (Å²) >= 11 is 0. The summed E-state index contributed by atoms with van der Waals surface area (Å²) < 4.78 is 31.7. The van der Waals surface area contributed by atoms with Crippen LogP contribution in [0.1, 0.15) is 27.9 Å². The second kappa shape index (κ2) is 13.0. The van der Waals surface area contributed by atoms with Crippen molar-refractivity contribution in [2.75, 3.05) is 36.4 Å². The van der Waals surface area contributed by atoms with Crippen molar-refractivity contribution < 1.29 is 33.0 Å². The van der Waals surface area contributed by atoms with E-state index in [9.17, 15) is 23.1 Å². The van der Waals surface area contributed by atoms with Gasteiger partial charge in [-0.15, -0.1) is 0 Å². The van der Waals surface area contributed by atoms with E-state index in [-0.39, 0.29) is 5.91 Å². The third kappa shape index (κ3) is 8.81. The van der Waals surface area contributed by atoms with Gasteiger partial charge in [0.25, 0.3) is 5.91 Å². The Morgan fingerprint density at radius 2 is 1.61 bits per heavy atom. The first-order chi connectivity index (χ1) is 18.0. The third-order valence-electron chi connectivity index (χ3n) is 5.92. The molecule has 3 aromatic carbocycles. The number of carboxylic acid groups (broad SMARTS) is 1. The molecule has 0 unspecified atom stereocenters. The van der Waals surface area contributed by atoms with E-state index in [1.165, 1.54) is 5.69 Å². The van der Waals surface area contributed by atoms with Crippen molar-refractivity contribution in [2.24, 2.45) is 0 Å². The van der Waals surface area contributed by atoms with Gasteiger partial charge in [-0.05, 0) is 67.4 Å². The zero-order valence-electron chi connectivity index (χ0n) is 20.9. The molecule has 0 spiro atoms. The smallest absolute Gasteiger partial charge is 0.490 e. The van der Waals surface area contributed by atoms with E-state index in [2.05, 4.69) is 33.3 Å². The zero-order chi connectivity index (χ0) is 27.7. The fourth-order valence-electron chi connectivity index (χ4n) is 4.05. The number of halogens is 3. The molecule has 10 heteroatoms. The number of carbonyl (C=O) groups excluding carboxylic acids is 1. The summed E-state index contributed by atoms with van der Waals surface area (Å²) in [6.07, 6.45) is -4.00. The van der Waals surface area contributed by atoms with Crippen LogP contribution in [-0.2, 0) is 11.3 Å². The predicted molar refractivity (Wildman–Crippen MR) is 139 cm³/mol. The Balaban J connectivity index is 0.000000505. The van der Waals surface area contributed by atoms with Gasteiger partial charge in [0.1, 0.15) is 5.75 Å². The van der Waals surface area contributed by atoms with Gasteiger partial charge in [-0.1, -0.05) is 29.8 Å². The number of nitrogens with zero attached hydrogens (tertiary/aromatic N) is 2. The van der Waals surface area contributed by atoms with Crippen molar-refractivity contribution in [2.45, 2.75) is 26.1 Å². The summed E-state index contributed by atoms with van der Waals surface area (Å²) in [5, 5.41) is 19.8. The van der Waals surface area contributed by atoms with Gasteiger partial charge in [0.05, 0.1) is 0 Å². The molecular formula is C28H30F3N3O4. The molecule has 3 N–H and O–H groups in total. The maximum Gasteiger partial charge on any atom is 0.490 e. The highest BCUT2D eigenvalue weighted by Gasteiger charge is 2.38. The van der Waals surface area contributed by atoms with Crippen LogP contribution in [-0.4, -0.2) is 59.3 Å². The molecule has 1 fully saturated rings. The summed E-state index contributed by atoms with van der Waals surface area (Å²) in [4.78, 5) is 26.2. The monoisotopic (exact) mass is 529 g/mol. The van der Waals surface area contributed by atoms with Gasteiger partial charge in [0, 0.05) is 49.7 Å². The molecule has 0 aromatic heterocycles. The second-order valence-corrected chi connectivity index (χ2v) is 8.96. The van der Waals surface area contributed by atoms with E-state index in [4.69, 9.17) is 9.90 Å². The third-order valence-corrected chi connectivity index (χ3v) is 5.92. The molecule has 7 nitrogen and oxygen atoms in total. The first-order valence-corrected chi connectivity index (χ1v) is 12.0. The molecule has 0 aliphatic carbocycles. The fourth-order valence-corrected chi connectivity index (χ4v) is 4.05. The number of rotatable bonds is 5. The van der Waals surface area contributed by atoms with Crippen molar-refractivity contribution in [3.8, 4) is 5.75 Å². The minimum absolute atomic E-state index is 0.0891. The summed E-state index contributed by atoms with van der Waals surface area (Å²) in [5.74, 6) is -2.52. The number of aromatic hydroxyl groups is 1. The molecule has 1 aliphatic heterocycles. The molecule has 3 aromatic rings. The highest BCUT2D eigenvalue weighted by molar-refractivity contribution is 6.04. The molecule has 1 heterocycles. The molecular weight excluding hydrogens is 499 g/mol. The quantitative estimate of drug-likeness (QED) is 0.416. The Morgan fingerprint density at radius 3 is 2.24 bits per heavy atom. The number of phenolic OH excluding ortho intramolecular Hbond substituents is 1. The molecule has 202 valence electrons. The molecule has 1 aliphatic rings. The number of aryl methyl sites for hydroxylation is 1. The predicted octanol–water partition coefficient (Wildman–Crippen LogP) is 5.30. The lowest BCUT2D eigenvalue weighted by Crippen LogP contribution is -2.30. The van der Waals surface area contributed by atoms with Crippen LogP contribution >= 0.6 is 0 Å². The average Bonchev–Trinajstić information content (AvgIpc) is 3.10. The molecule has 38 heavy (non-hydrogen) atoms. The van der Waals surface area contributed by atoms with E-state index in [1.54, 1.807) is 6.07 Å². The molecule has 1 saturated heterocycles. The lowest BCUT2D eigenvalue weighted by Gasteiger charge is -2.24. The second-order valence-electron chi connectivity index (χ2n) is 8.96. The van der Waals surface area contributed by atoms with Crippen LogP contribution in [0.2, 0.25) is 0 Å². The van der Waals surface area contributed by atoms with E-state index in [0.717, 1.165) is 56.0 Å². The first-order valence-electron chi connectivity index (χ1n) is 12.0. The van der Waals surface area contributed by atoms with Gasteiger partial charge in [0.2, 0.25) is 0 Å². The molecule has 4 rings (SSSR count). The topological polar surface area (TPSA) is 93.1 Å². The van der Waals surface area contributed by atoms with Crippen molar-refractivity contribution in [3.05, 3.63) is 89.5 Å². The fraction of sp³-hybridized carbons (Fsp3) is 0.286. The Kier molecular flexibility index (Phi) is 9.72. The number of phenols is 1. The Hall–Kier alpha value is -4.05. The number of alkyl halides is 3. The normalized spacial score (nSPS) is 14.2. The number of carbonyl (C=O) groups is 2. The van der Waals surface area contributed by atoms with Crippen LogP contribution in [0.4, 0.5) is 24.5 Å². The van der Waals surface area contributed by atoms with Gasteiger partial charge in [0.15, 0.2) is 0 Å². The Labute approximate surface area is 219 Å². The lowest BCUT2D eigenvalue weighted by molar-refractivity contribution is -0.192. The lowest BCUT2D eigenvalue weighted by atomic mass is 10.1. The standard InChI is InChI=1S/C26H29N3O2.C2HF3O2/c1-20-5-2-7-22(17-20)26(31)27-23-9-11-24(12-10-23)29-14-4-13-28(15-16-29)19-21-6-3-8-25(30)18-21;3-2(4,5)1(6)7/h2-3,5-12,17-18,30H,4,13-16,19H2,1H3,(H,27,31);(H,6,7). The summed E-state index contributed by atoms with van der Waals surface area (Å²) in [6, 6.07) is 23.2. The van der Waals surface area contributed by atoms with E-state index in [0.29, 0.717) is 11.3 Å². The summed E-state index contributed by atoms with van der Waals surface area (Å²) in [5.41, 5.74) is 4.86. The number of amides is 1. The molecule has 1 amide bonds. The molecule has 0 atom stereocenters. The van der Waals surface area contributed by atoms with Crippen LogP contribution in [0.3, 0.4) is 0 Å². The molecule has 0 radical (unpaired) electrons. The maximum absolute atomic E-state index is 12.5. The van der Waals surface area contributed by atoms with E-state index < -0.39 is 12.1 Å². The van der Waals surface area contributed by atoms with Crippen LogP contribution in [0.25, 0.3) is 0 Å². The van der Waals surface area contributed by atoms with Crippen LogP contribution in [0.5, 0.6) is 5.75 Å². The number of benzene rings is 3. The number of carboxylic acids is 1. The number of hydrogen-bond acceptors (Lipinski definition) is 5. The maximum atomic E-state index is 12.5. The Morgan fingerprint density at radius 1 is 0.921 bits per heavy atom.